The Kier molecular flexibility index (Phi) is 2.80. The number of benzene rings is 1. The summed E-state index contributed by atoms with van der Waals surface area (Å²) in [6.45, 7) is 7.78. The standard InChI is InChI=1S/C12H16ClN/c1-9-3-4-11(12(13)5-9)8-14-6-10(2)7-14/h3-5,10H,6-8H2,1-2H3. The Morgan fingerprint density at radius 2 is 2.14 bits per heavy atom. The molecule has 1 heterocycles. The Morgan fingerprint density at radius 1 is 1.43 bits per heavy atom. The summed E-state index contributed by atoms with van der Waals surface area (Å²) in [5, 5.41) is 0.907. The van der Waals surface area contributed by atoms with Crippen molar-refractivity contribution in [2.75, 3.05) is 13.1 Å². The van der Waals surface area contributed by atoms with Crippen LogP contribution in [-0.4, -0.2) is 18.0 Å². The van der Waals surface area contributed by atoms with Crippen LogP contribution < -0.4 is 0 Å². The van der Waals surface area contributed by atoms with Gasteiger partial charge in [0.25, 0.3) is 0 Å². The number of aryl methyl sites for hydroxylation is 1. The zero-order chi connectivity index (χ0) is 10.1. The molecule has 0 saturated carbocycles. The second-order valence-corrected chi connectivity index (χ2v) is 4.80. The van der Waals surface area contributed by atoms with E-state index in [2.05, 4.69) is 30.9 Å². The fourth-order valence-electron chi connectivity index (χ4n) is 1.98. The van der Waals surface area contributed by atoms with Crippen molar-refractivity contribution in [2.45, 2.75) is 20.4 Å². The third-order valence-corrected chi connectivity index (χ3v) is 3.09. The lowest BCUT2D eigenvalue weighted by Gasteiger charge is -2.37. The molecule has 0 spiro atoms. The maximum absolute atomic E-state index is 6.16. The zero-order valence-corrected chi connectivity index (χ0v) is 9.51. The van der Waals surface area contributed by atoms with Gasteiger partial charge in [0, 0.05) is 24.7 Å². The SMILES string of the molecule is Cc1ccc(CN2CC(C)C2)c(Cl)c1. The van der Waals surface area contributed by atoms with E-state index in [0.29, 0.717) is 0 Å². The van der Waals surface area contributed by atoms with E-state index in [-0.39, 0.29) is 0 Å². The minimum Gasteiger partial charge on any atom is -0.298 e. The molecule has 0 aliphatic carbocycles. The first-order valence-corrected chi connectivity index (χ1v) is 5.50. The molecule has 1 aliphatic rings. The van der Waals surface area contributed by atoms with Crippen molar-refractivity contribution in [2.24, 2.45) is 5.92 Å². The Labute approximate surface area is 90.7 Å². The molecule has 1 aromatic rings. The van der Waals surface area contributed by atoms with Crippen molar-refractivity contribution in [1.82, 2.24) is 4.90 Å². The van der Waals surface area contributed by atoms with Gasteiger partial charge in [-0.25, -0.2) is 0 Å². The number of hydrogen-bond acceptors (Lipinski definition) is 1. The molecule has 0 aromatic heterocycles. The van der Waals surface area contributed by atoms with E-state index in [9.17, 15) is 0 Å². The Hall–Kier alpha value is -0.530. The molecule has 0 N–H and O–H groups in total. The molecular formula is C12H16ClN. The van der Waals surface area contributed by atoms with Crippen molar-refractivity contribution < 1.29 is 0 Å². The first-order valence-electron chi connectivity index (χ1n) is 5.12. The van der Waals surface area contributed by atoms with E-state index < -0.39 is 0 Å². The van der Waals surface area contributed by atoms with E-state index in [0.717, 1.165) is 17.5 Å². The first kappa shape index (κ1) is 10.0. The van der Waals surface area contributed by atoms with Gasteiger partial charge in [-0.05, 0) is 30.0 Å². The second kappa shape index (κ2) is 3.92. The molecule has 1 saturated heterocycles. The van der Waals surface area contributed by atoms with Gasteiger partial charge < -0.3 is 0 Å². The normalized spacial score (nSPS) is 18.2. The van der Waals surface area contributed by atoms with E-state index in [1.54, 1.807) is 0 Å². The topological polar surface area (TPSA) is 3.24 Å². The van der Waals surface area contributed by atoms with E-state index in [4.69, 9.17) is 11.6 Å². The first-order chi connectivity index (χ1) is 6.65. The summed E-state index contributed by atoms with van der Waals surface area (Å²) in [4.78, 5) is 2.43. The summed E-state index contributed by atoms with van der Waals surface area (Å²) in [7, 11) is 0. The molecule has 0 unspecified atom stereocenters. The van der Waals surface area contributed by atoms with Crippen molar-refractivity contribution in [1.29, 1.82) is 0 Å². The molecule has 0 bridgehead atoms. The van der Waals surface area contributed by atoms with Gasteiger partial charge in [-0.15, -0.1) is 0 Å². The summed E-state index contributed by atoms with van der Waals surface area (Å²) in [5.41, 5.74) is 2.49. The molecule has 0 radical (unpaired) electrons. The van der Waals surface area contributed by atoms with E-state index in [1.807, 2.05) is 6.07 Å². The van der Waals surface area contributed by atoms with Crippen molar-refractivity contribution in [3.05, 3.63) is 34.3 Å². The van der Waals surface area contributed by atoms with E-state index >= 15 is 0 Å². The molecule has 76 valence electrons. The second-order valence-electron chi connectivity index (χ2n) is 4.39. The summed E-state index contributed by atoms with van der Waals surface area (Å²) < 4.78 is 0. The van der Waals surface area contributed by atoms with Crippen LogP contribution in [0.1, 0.15) is 18.1 Å². The van der Waals surface area contributed by atoms with Crippen LogP contribution in [0.5, 0.6) is 0 Å². The Balaban J connectivity index is 2.02. The van der Waals surface area contributed by atoms with Gasteiger partial charge in [-0.1, -0.05) is 30.7 Å². The highest BCUT2D eigenvalue weighted by molar-refractivity contribution is 6.31. The van der Waals surface area contributed by atoms with E-state index in [1.165, 1.54) is 24.2 Å². The predicted octanol–water partition coefficient (Wildman–Crippen LogP) is 3.10. The predicted molar refractivity (Wildman–Crippen MR) is 60.6 cm³/mol. The maximum Gasteiger partial charge on any atom is 0.0453 e. The molecule has 0 amide bonds. The number of likely N-dealkylation sites (tertiary alicyclic amines) is 1. The summed E-state index contributed by atoms with van der Waals surface area (Å²) in [5.74, 6) is 0.860. The van der Waals surface area contributed by atoms with Crippen LogP contribution in [0.4, 0.5) is 0 Å². The van der Waals surface area contributed by atoms with Crippen LogP contribution in [0.25, 0.3) is 0 Å². The number of rotatable bonds is 2. The number of nitrogens with zero attached hydrogens (tertiary/aromatic N) is 1. The average molecular weight is 210 g/mol. The van der Waals surface area contributed by atoms with Gasteiger partial charge in [0.2, 0.25) is 0 Å². The fourth-order valence-corrected chi connectivity index (χ4v) is 2.27. The van der Waals surface area contributed by atoms with Crippen LogP contribution in [0, 0.1) is 12.8 Å². The summed E-state index contributed by atoms with van der Waals surface area (Å²) in [6.07, 6.45) is 0. The van der Waals surface area contributed by atoms with Crippen LogP contribution >= 0.6 is 11.6 Å². The van der Waals surface area contributed by atoms with Gasteiger partial charge >= 0.3 is 0 Å². The molecule has 14 heavy (non-hydrogen) atoms. The fraction of sp³-hybridized carbons (Fsp3) is 0.500. The highest BCUT2D eigenvalue weighted by Crippen LogP contribution is 2.23. The zero-order valence-electron chi connectivity index (χ0n) is 8.76. The van der Waals surface area contributed by atoms with Crippen LogP contribution in [0.3, 0.4) is 0 Å². The number of hydrogen-bond donors (Lipinski definition) is 0. The average Bonchev–Trinajstić information content (AvgIpc) is 2.06. The van der Waals surface area contributed by atoms with Crippen molar-refractivity contribution in [3.8, 4) is 0 Å². The van der Waals surface area contributed by atoms with Crippen molar-refractivity contribution in [3.63, 3.8) is 0 Å². The summed E-state index contributed by atoms with van der Waals surface area (Å²) >= 11 is 6.16. The lowest BCUT2D eigenvalue weighted by molar-refractivity contribution is 0.105. The highest BCUT2D eigenvalue weighted by Gasteiger charge is 2.22. The van der Waals surface area contributed by atoms with Crippen molar-refractivity contribution >= 4 is 11.6 Å². The molecule has 1 aromatic carbocycles. The minimum absolute atomic E-state index is 0.860. The number of halogens is 1. The van der Waals surface area contributed by atoms with Crippen LogP contribution in [0.15, 0.2) is 18.2 Å². The van der Waals surface area contributed by atoms with Gasteiger partial charge in [0.15, 0.2) is 0 Å². The van der Waals surface area contributed by atoms with Crippen LogP contribution in [0.2, 0.25) is 5.02 Å². The summed E-state index contributed by atoms with van der Waals surface area (Å²) in [6, 6.07) is 6.31. The Bertz CT molecular complexity index is 329. The monoisotopic (exact) mass is 209 g/mol. The third-order valence-electron chi connectivity index (χ3n) is 2.74. The largest absolute Gasteiger partial charge is 0.298 e. The minimum atomic E-state index is 0.860. The molecule has 2 heteroatoms. The molecule has 0 atom stereocenters. The quantitative estimate of drug-likeness (QED) is 0.724. The maximum atomic E-state index is 6.16. The van der Waals surface area contributed by atoms with Gasteiger partial charge in [-0.2, -0.15) is 0 Å². The molecule has 2 rings (SSSR count). The molecular weight excluding hydrogens is 194 g/mol. The lowest BCUT2D eigenvalue weighted by Crippen LogP contribution is -2.44. The van der Waals surface area contributed by atoms with Gasteiger partial charge in [-0.3, -0.25) is 4.90 Å². The van der Waals surface area contributed by atoms with Gasteiger partial charge in [0.05, 0.1) is 0 Å². The smallest absolute Gasteiger partial charge is 0.0453 e. The Morgan fingerprint density at radius 3 is 2.71 bits per heavy atom. The lowest BCUT2D eigenvalue weighted by atomic mass is 10.0. The molecule has 1 fully saturated rings. The third kappa shape index (κ3) is 2.10. The van der Waals surface area contributed by atoms with Crippen LogP contribution in [-0.2, 0) is 6.54 Å². The molecule has 1 nitrogen and oxygen atoms in total. The highest BCUT2D eigenvalue weighted by atomic mass is 35.5. The molecule has 1 aliphatic heterocycles. The van der Waals surface area contributed by atoms with Gasteiger partial charge in [0.1, 0.15) is 0 Å².